The molecule has 1 aromatic carbocycles. The molecule has 0 radical (unpaired) electrons. The van der Waals surface area contributed by atoms with Crippen molar-refractivity contribution in [1.82, 2.24) is 20.4 Å². The van der Waals surface area contributed by atoms with Crippen molar-refractivity contribution < 1.29 is 19.4 Å². The summed E-state index contributed by atoms with van der Waals surface area (Å²) < 4.78 is 6.00. The van der Waals surface area contributed by atoms with Gasteiger partial charge in [-0.25, -0.2) is 4.79 Å². The van der Waals surface area contributed by atoms with E-state index in [1.807, 2.05) is 12.1 Å². The van der Waals surface area contributed by atoms with Gasteiger partial charge in [0.2, 0.25) is 0 Å². The summed E-state index contributed by atoms with van der Waals surface area (Å²) in [5, 5.41) is 29.8. The van der Waals surface area contributed by atoms with E-state index in [1.165, 1.54) is 4.90 Å². The molecule has 9 nitrogen and oxygen atoms in total. The number of carboxylic acid groups (broad SMARTS) is 1. The summed E-state index contributed by atoms with van der Waals surface area (Å²) in [6, 6.07) is 10.6. The molecule has 1 aliphatic heterocycles. The van der Waals surface area contributed by atoms with Crippen molar-refractivity contribution in [2.75, 3.05) is 13.1 Å². The molecular weight excluding hydrogens is 458 g/mol. The van der Waals surface area contributed by atoms with Crippen LogP contribution in [0.1, 0.15) is 66.2 Å². The summed E-state index contributed by atoms with van der Waals surface area (Å²) in [6.07, 6.45) is 3.70. The molecule has 10 heteroatoms. The number of carbonyl (C=O) groups excluding carboxylic acids is 1. The molecule has 1 saturated carbocycles. The lowest BCUT2D eigenvalue weighted by Gasteiger charge is -2.30. The van der Waals surface area contributed by atoms with Gasteiger partial charge in [-0.05, 0) is 62.8 Å². The van der Waals surface area contributed by atoms with E-state index >= 15 is 0 Å². The average molecular weight is 484 g/mol. The van der Waals surface area contributed by atoms with Crippen molar-refractivity contribution in [3.05, 3.63) is 52.3 Å². The number of halogens is 1. The lowest BCUT2D eigenvalue weighted by Crippen LogP contribution is -2.40. The second-order valence-electron chi connectivity index (χ2n) is 8.71. The van der Waals surface area contributed by atoms with Gasteiger partial charge in [-0.15, -0.1) is 5.10 Å². The van der Waals surface area contributed by atoms with Crippen LogP contribution >= 0.6 is 11.6 Å². The van der Waals surface area contributed by atoms with Crippen LogP contribution in [-0.2, 0) is 0 Å². The van der Waals surface area contributed by atoms with Gasteiger partial charge in [-0.1, -0.05) is 11.6 Å². The molecule has 34 heavy (non-hydrogen) atoms. The van der Waals surface area contributed by atoms with Crippen LogP contribution in [0.5, 0.6) is 5.75 Å². The molecule has 2 fully saturated rings. The Hall–Kier alpha value is -3.38. The molecule has 178 valence electrons. The average Bonchev–Trinajstić information content (AvgIpc) is 2.85. The van der Waals surface area contributed by atoms with Crippen molar-refractivity contribution in [1.29, 1.82) is 5.26 Å². The molecule has 0 bridgehead atoms. The summed E-state index contributed by atoms with van der Waals surface area (Å²) in [7, 11) is 0. The third-order valence-electron chi connectivity index (χ3n) is 6.47. The number of nitrogens with one attached hydrogen (secondary N) is 1. The van der Waals surface area contributed by atoms with E-state index in [0.29, 0.717) is 42.3 Å². The molecule has 2 amide bonds. The zero-order valence-corrected chi connectivity index (χ0v) is 19.4. The van der Waals surface area contributed by atoms with Crippen LogP contribution in [0.15, 0.2) is 30.3 Å². The number of amides is 2. The number of carbonyl (C=O) groups is 2. The Morgan fingerprint density at radius 3 is 2.41 bits per heavy atom. The lowest BCUT2D eigenvalue weighted by molar-refractivity contribution is 0.0887. The van der Waals surface area contributed by atoms with E-state index in [9.17, 15) is 9.59 Å². The maximum atomic E-state index is 12.6. The fourth-order valence-corrected chi connectivity index (χ4v) is 4.70. The maximum absolute atomic E-state index is 12.6. The Morgan fingerprint density at radius 2 is 1.82 bits per heavy atom. The first-order chi connectivity index (χ1) is 16.4. The number of hydrogen-bond donors (Lipinski definition) is 2. The minimum Gasteiger partial charge on any atom is -0.490 e. The van der Waals surface area contributed by atoms with E-state index in [0.717, 1.165) is 31.4 Å². The number of likely N-dealkylation sites (tertiary alicyclic amines) is 1. The number of rotatable bonds is 5. The molecule has 2 N–H and O–H groups in total. The van der Waals surface area contributed by atoms with Crippen LogP contribution in [0.2, 0.25) is 5.02 Å². The van der Waals surface area contributed by atoms with Crippen LogP contribution in [0.25, 0.3) is 0 Å². The van der Waals surface area contributed by atoms with E-state index in [4.69, 9.17) is 26.7 Å². The predicted octanol–water partition coefficient (Wildman–Crippen LogP) is 3.98. The van der Waals surface area contributed by atoms with Gasteiger partial charge in [-0.3, -0.25) is 4.79 Å². The standard InChI is InChI=1S/C24H26ClN5O4/c25-20-13-19(4-1-16(20)14-26)34-18-5-2-17(3-6-18)27-23(31)22-8-7-21(28-29-22)15-9-11-30(12-10-15)24(32)33/h1,4,7-8,13,15,17-18H,2-3,5-6,9-12H2,(H,27,31)(H,32,33). The quantitative estimate of drug-likeness (QED) is 0.658. The fraction of sp³-hybridized carbons (Fsp3) is 0.458. The first-order valence-electron chi connectivity index (χ1n) is 11.4. The first kappa shape index (κ1) is 23.8. The minimum atomic E-state index is -0.893. The Labute approximate surface area is 202 Å². The normalized spacial score (nSPS) is 20.9. The molecule has 2 heterocycles. The Kier molecular flexibility index (Phi) is 7.48. The zero-order chi connectivity index (χ0) is 24.1. The molecule has 1 aliphatic carbocycles. The van der Waals surface area contributed by atoms with Gasteiger partial charge in [-0.2, -0.15) is 10.4 Å². The lowest BCUT2D eigenvalue weighted by atomic mass is 9.92. The van der Waals surface area contributed by atoms with Crippen LogP contribution in [0, 0.1) is 11.3 Å². The summed E-state index contributed by atoms with van der Waals surface area (Å²) >= 11 is 6.07. The first-order valence-corrected chi connectivity index (χ1v) is 11.8. The predicted molar refractivity (Wildman–Crippen MR) is 124 cm³/mol. The van der Waals surface area contributed by atoms with Crippen molar-refractivity contribution in [2.45, 2.75) is 56.6 Å². The van der Waals surface area contributed by atoms with Crippen molar-refractivity contribution in [3.63, 3.8) is 0 Å². The van der Waals surface area contributed by atoms with Crippen LogP contribution in [-0.4, -0.2) is 57.4 Å². The Morgan fingerprint density at radius 1 is 1.09 bits per heavy atom. The molecular formula is C24H26ClN5O4. The van der Waals surface area contributed by atoms with Gasteiger partial charge in [0, 0.05) is 31.1 Å². The fourth-order valence-electron chi connectivity index (χ4n) is 4.48. The van der Waals surface area contributed by atoms with Gasteiger partial charge in [0.05, 0.1) is 22.4 Å². The number of ether oxygens (including phenoxy) is 1. The van der Waals surface area contributed by atoms with Crippen LogP contribution in [0.4, 0.5) is 4.79 Å². The summed E-state index contributed by atoms with van der Waals surface area (Å²) in [4.78, 5) is 25.1. The summed E-state index contributed by atoms with van der Waals surface area (Å²) in [5.41, 5.74) is 1.49. The van der Waals surface area contributed by atoms with Crippen molar-refractivity contribution in [2.24, 2.45) is 0 Å². The third kappa shape index (κ3) is 5.75. The molecule has 4 rings (SSSR count). The number of benzene rings is 1. The number of piperidine rings is 1. The molecule has 1 aromatic heterocycles. The number of hydrogen-bond acceptors (Lipinski definition) is 6. The number of aromatic nitrogens is 2. The molecule has 2 aromatic rings. The van der Waals surface area contributed by atoms with Gasteiger partial charge in [0.1, 0.15) is 11.8 Å². The number of nitriles is 1. The zero-order valence-electron chi connectivity index (χ0n) is 18.6. The number of nitrogens with zero attached hydrogens (tertiary/aromatic N) is 4. The highest BCUT2D eigenvalue weighted by Gasteiger charge is 2.26. The van der Waals surface area contributed by atoms with Gasteiger partial charge in [0.25, 0.3) is 5.91 Å². The largest absolute Gasteiger partial charge is 0.490 e. The molecule has 0 unspecified atom stereocenters. The van der Waals surface area contributed by atoms with Crippen molar-refractivity contribution in [3.8, 4) is 11.8 Å². The van der Waals surface area contributed by atoms with E-state index in [1.54, 1.807) is 24.3 Å². The topological polar surface area (TPSA) is 128 Å². The van der Waals surface area contributed by atoms with Crippen LogP contribution in [0.3, 0.4) is 0 Å². The van der Waals surface area contributed by atoms with E-state index in [-0.39, 0.29) is 29.7 Å². The summed E-state index contributed by atoms with van der Waals surface area (Å²) in [5.74, 6) is 0.546. The van der Waals surface area contributed by atoms with Gasteiger partial charge < -0.3 is 20.1 Å². The summed E-state index contributed by atoms with van der Waals surface area (Å²) in [6.45, 7) is 0.961. The SMILES string of the molecule is N#Cc1ccc(OC2CCC(NC(=O)c3ccc(C4CCN(C(=O)O)CC4)nn3)CC2)cc1Cl. The second kappa shape index (κ2) is 10.7. The molecule has 0 atom stereocenters. The van der Waals surface area contributed by atoms with E-state index < -0.39 is 6.09 Å². The minimum absolute atomic E-state index is 0.0313. The molecule has 1 saturated heterocycles. The molecule has 0 spiro atoms. The van der Waals surface area contributed by atoms with Crippen molar-refractivity contribution >= 4 is 23.6 Å². The smallest absolute Gasteiger partial charge is 0.407 e. The van der Waals surface area contributed by atoms with E-state index in [2.05, 4.69) is 15.5 Å². The molecule has 2 aliphatic rings. The monoisotopic (exact) mass is 483 g/mol. The maximum Gasteiger partial charge on any atom is 0.407 e. The van der Waals surface area contributed by atoms with Crippen LogP contribution < -0.4 is 10.1 Å². The van der Waals surface area contributed by atoms with Gasteiger partial charge >= 0.3 is 6.09 Å². The highest BCUT2D eigenvalue weighted by molar-refractivity contribution is 6.31. The second-order valence-corrected chi connectivity index (χ2v) is 9.11. The highest BCUT2D eigenvalue weighted by Crippen LogP contribution is 2.28. The highest BCUT2D eigenvalue weighted by atomic mass is 35.5. The Balaban J connectivity index is 1.23. The Bertz CT molecular complexity index is 1070. The third-order valence-corrected chi connectivity index (χ3v) is 6.79. The van der Waals surface area contributed by atoms with Gasteiger partial charge in [0.15, 0.2) is 5.69 Å².